The number of aromatic nitrogens is 2. The summed E-state index contributed by atoms with van der Waals surface area (Å²) >= 11 is 0. The van der Waals surface area contributed by atoms with Crippen LogP contribution in [0.1, 0.15) is 29.7 Å². The van der Waals surface area contributed by atoms with Gasteiger partial charge in [-0.15, -0.1) is 0 Å². The summed E-state index contributed by atoms with van der Waals surface area (Å²) in [6.45, 7) is 1.31. The van der Waals surface area contributed by atoms with Crippen molar-refractivity contribution in [2.24, 2.45) is 7.05 Å². The van der Waals surface area contributed by atoms with Gasteiger partial charge in [0.15, 0.2) is 11.6 Å². The summed E-state index contributed by atoms with van der Waals surface area (Å²) in [4.78, 5) is 14.2. The van der Waals surface area contributed by atoms with Crippen molar-refractivity contribution in [3.63, 3.8) is 0 Å². The number of rotatable bonds is 2. The molecule has 0 atom stereocenters. The van der Waals surface area contributed by atoms with Crippen LogP contribution in [0.3, 0.4) is 0 Å². The Morgan fingerprint density at radius 2 is 2.25 bits per heavy atom. The molecule has 0 fully saturated rings. The van der Waals surface area contributed by atoms with Gasteiger partial charge in [0.2, 0.25) is 0 Å². The molecule has 1 heterocycles. The van der Waals surface area contributed by atoms with Crippen LogP contribution in [-0.2, 0) is 7.05 Å². The van der Waals surface area contributed by atoms with Crippen molar-refractivity contribution in [1.29, 1.82) is 0 Å². The Hall–Kier alpha value is -1.26. The van der Waals surface area contributed by atoms with Crippen molar-refractivity contribution in [2.75, 3.05) is 0 Å². The maximum Gasteiger partial charge on any atom is 0.295 e. The average Bonchev–Trinajstić information content (AvgIpc) is 2.30. The number of Topliss-reactive ketones (excluding diaryl/α,β-unsaturated/α-hetero) is 1. The Balaban J connectivity index is 3.13. The minimum absolute atomic E-state index is 0.199. The van der Waals surface area contributed by atoms with Crippen LogP contribution in [0.2, 0.25) is 0 Å². The molecule has 0 saturated carbocycles. The summed E-state index contributed by atoms with van der Waals surface area (Å²) in [5.74, 6) is -0.642. The van der Waals surface area contributed by atoms with Crippen molar-refractivity contribution in [2.45, 2.75) is 13.3 Å². The van der Waals surface area contributed by atoms with Gasteiger partial charge in [-0.05, 0) is 0 Å². The Labute approximate surface area is 68.0 Å². The summed E-state index contributed by atoms with van der Waals surface area (Å²) in [5.41, 5.74) is 0.199. The minimum atomic E-state index is -2.64. The van der Waals surface area contributed by atoms with Gasteiger partial charge in [0, 0.05) is 14.0 Å². The summed E-state index contributed by atoms with van der Waals surface area (Å²) in [5, 5.41) is 0. The zero-order valence-corrected chi connectivity index (χ0v) is 6.71. The highest BCUT2D eigenvalue weighted by molar-refractivity contribution is 5.92. The number of halogens is 2. The molecule has 0 aromatic carbocycles. The van der Waals surface area contributed by atoms with Crippen molar-refractivity contribution in [3.05, 3.63) is 17.7 Å². The van der Waals surface area contributed by atoms with Crippen LogP contribution in [0, 0.1) is 0 Å². The molecule has 1 aromatic heterocycles. The van der Waals surface area contributed by atoms with Crippen LogP contribution in [0.25, 0.3) is 0 Å². The first kappa shape index (κ1) is 8.83. The number of ketones is 1. The zero-order chi connectivity index (χ0) is 9.30. The van der Waals surface area contributed by atoms with E-state index < -0.39 is 6.43 Å². The van der Waals surface area contributed by atoms with Crippen molar-refractivity contribution in [3.8, 4) is 0 Å². The van der Waals surface area contributed by atoms with E-state index in [0.717, 1.165) is 10.8 Å². The molecule has 0 N–H and O–H groups in total. The molecule has 5 heteroatoms. The Morgan fingerprint density at radius 3 is 2.50 bits per heavy atom. The van der Waals surface area contributed by atoms with E-state index in [9.17, 15) is 13.6 Å². The fourth-order valence-corrected chi connectivity index (χ4v) is 0.954. The Kier molecular flexibility index (Phi) is 2.21. The third-order valence-corrected chi connectivity index (χ3v) is 1.58. The van der Waals surface area contributed by atoms with E-state index in [-0.39, 0.29) is 17.3 Å². The molecule has 66 valence electrons. The summed E-state index contributed by atoms with van der Waals surface area (Å²) in [6.07, 6.45) is -1.48. The van der Waals surface area contributed by atoms with E-state index in [2.05, 4.69) is 4.98 Å². The number of carbonyl (C=O) groups excluding carboxylic acids is 1. The maximum absolute atomic E-state index is 12.1. The summed E-state index contributed by atoms with van der Waals surface area (Å²) < 4.78 is 25.3. The van der Waals surface area contributed by atoms with Crippen LogP contribution < -0.4 is 0 Å². The predicted molar refractivity (Wildman–Crippen MR) is 38.2 cm³/mol. The average molecular weight is 174 g/mol. The van der Waals surface area contributed by atoms with Gasteiger partial charge in [-0.1, -0.05) is 0 Å². The number of nitrogens with zero attached hydrogens (tertiary/aromatic N) is 2. The molecule has 1 aromatic rings. The first-order chi connectivity index (χ1) is 5.54. The van der Waals surface area contributed by atoms with Gasteiger partial charge in [0.05, 0.1) is 6.20 Å². The number of imidazole rings is 1. The second-order valence-electron chi connectivity index (χ2n) is 2.42. The van der Waals surface area contributed by atoms with E-state index >= 15 is 0 Å². The van der Waals surface area contributed by atoms with E-state index in [1.807, 2.05) is 0 Å². The topological polar surface area (TPSA) is 34.9 Å². The van der Waals surface area contributed by atoms with Crippen LogP contribution in [-0.4, -0.2) is 15.3 Å². The molecule has 0 aliphatic rings. The van der Waals surface area contributed by atoms with Gasteiger partial charge >= 0.3 is 0 Å². The molecule has 1 rings (SSSR count). The van der Waals surface area contributed by atoms with Gasteiger partial charge in [0.25, 0.3) is 6.43 Å². The molecule has 0 amide bonds. The molecular weight excluding hydrogens is 166 g/mol. The predicted octanol–water partition coefficient (Wildman–Crippen LogP) is 1.56. The maximum atomic E-state index is 12.1. The Morgan fingerprint density at radius 1 is 1.67 bits per heavy atom. The van der Waals surface area contributed by atoms with Gasteiger partial charge < -0.3 is 4.57 Å². The number of hydrogen-bond acceptors (Lipinski definition) is 2. The third kappa shape index (κ3) is 1.34. The molecule has 3 nitrogen and oxygen atoms in total. The molecule has 12 heavy (non-hydrogen) atoms. The number of alkyl halides is 2. The van der Waals surface area contributed by atoms with E-state index in [1.165, 1.54) is 14.0 Å². The smallest absolute Gasteiger partial charge is 0.295 e. The van der Waals surface area contributed by atoms with E-state index in [0.29, 0.717) is 0 Å². The molecular formula is C7H8F2N2O. The second kappa shape index (κ2) is 3.00. The van der Waals surface area contributed by atoms with Crippen LogP contribution >= 0.6 is 0 Å². The first-order valence-electron chi connectivity index (χ1n) is 3.34. The highest BCUT2D eigenvalue weighted by Crippen LogP contribution is 2.17. The van der Waals surface area contributed by atoms with E-state index in [1.54, 1.807) is 0 Å². The number of hydrogen-bond donors (Lipinski definition) is 0. The van der Waals surface area contributed by atoms with Crippen LogP contribution in [0.5, 0.6) is 0 Å². The SMILES string of the molecule is CC(=O)c1cnc(C(F)F)n1C. The second-order valence-corrected chi connectivity index (χ2v) is 2.42. The van der Waals surface area contributed by atoms with Crippen molar-refractivity contribution >= 4 is 5.78 Å². The first-order valence-corrected chi connectivity index (χ1v) is 3.34. The lowest BCUT2D eigenvalue weighted by Gasteiger charge is -2.01. The fraction of sp³-hybridized carbons (Fsp3) is 0.429. The molecule has 0 bridgehead atoms. The van der Waals surface area contributed by atoms with Crippen molar-refractivity contribution < 1.29 is 13.6 Å². The van der Waals surface area contributed by atoms with Gasteiger partial charge in [0.1, 0.15) is 5.69 Å². The number of carbonyl (C=O) groups is 1. The Bertz CT molecular complexity index is 306. The molecule has 0 aliphatic carbocycles. The van der Waals surface area contributed by atoms with Crippen molar-refractivity contribution in [1.82, 2.24) is 9.55 Å². The third-order valence-electron chi connectivity index (χ3n) is 1.58. The molecule has 0 saturated heterocycles. The summed E-state index contributed by atoms with van der Waals surface area (Å²) in [7, 11) is 1.39. The lowest BCUT2D eigenvalue weighted by molar-refractivity contribution is 0.100. The lowest BCUT2D eigenvalue weighted by Crippen LogP contribution is -2.05. The molecule has 0 unspecified atom stereocenters. The van der Waals surface area contributed by atoms with Crippen LogP contribution in [0.4, 0.5) is 8.78 Å². The normalized spacial score (nSPS) is 10.8. The standard InChI is InChI=1S/C7H8F2N2O/c1-4(12)5-3-10-7(6(8)9)11(5)2/h3,6H,1-2H3. The quantitative estimate of drug-likeness (QED) is 0.637. The highest BCUT2D eigenvalue weighted by Gasteiger charge is 2.17. The summed E-state index contributed by atoms with van der Waals surface area (Å²) in [6, 6.07) is 0. The largest absolute Gasteiger partial charge is 0.324 e. The molecule has 0 radical (unpaired) electrons. The zero-order valence-electron chi connectivity index (χ0n) is 6.71. The van der Waals surface area contributed by atoms with Gasteiger partial charge in [-0.3, -0.25) is 4.79 Å². The monoisotopic (exact) mass is 174 g/mol. The molecule has 0 spiro atoms. The van der Waals surface area contributed by atoms with Gasteiger partial charge in [-0.2, -0.15) is 0 Å². The van der Waals surface area contributed by atoms with Gasteiger partial charge in [-0.25, -0.2) is 13.8 Å². The van der Waals surface area contributed by atoms with E-state index in [4.69, 9.17) is 0 Å². The van der Waals surface area contributed by atoms with Crippen LogP contribution in [0.15, 0.2) is 6.20 Å². The fourth-order valence-electron chi connectivity index (χ4n) is 0.954. The minimum Gasteiger partial charge on any atom is -0.324 e. The highest BCUT2D eigenvalue weighted by atomic mass is 19.3. The molecule has 0 aliphatic heterocycles. The lowest BCUT2D eigenvalue weighted by atomic mass is 10.3.